The van der Waals surface area contributed by atoms with Gasteiger partial charge >= 0.3 is 0 Å². The maximum Gasteiger partial charge on any atom is 0.251 e. The highest BCUT2D eigenvalue weighted by Crippen LogP contribution is 2.18. The van der Waals surface area contributed by atoms with E-state index in [1.165, 1.54) is 32.1 Å². The number of amides is 1. The van der Waals surface area contributed by atoms with Crippen LogP contribution in [-0.2, 0) is 0 Å². The number of ether oxygens (including phenoxy) is 1. The molecule has 2 unspecified atom stereocenters. The molecule has 1 aliphatic heterocycles. The first-order chi connectivity index (χ1) is 9.61. The van der Waals surface area contributed by atoms with Crippen molar-refractivity contribution in [3.63, 3.8) is 0 Å². The van der Waals surface area contributed by atoms with Gasteiger partial charge in [0, 0.05) is 17.6 Å². The predicted octanol–water partition coefficient (Wildman–Crippen LogP) is 2.09. The van der Waals surface area contributed by atoms with Crippen LogP contribution in [0.25, 0.3) is 0 Å². The van der Waals surface area contributed by atoms with Gasteiger partial charge in [0.2, 0.25) is 0 Å². The van der Waals surface area contributed by atoms with Crippen molar-refractivity contribution in [2.75, 3.05) is 13.7 Å². The minimum Gasteiger partial charge on any atom is -0.494 e. The van der Waals surface area contributed by atoms with E-state index in [2.05, 4.69) is 10.6 Å². The van der Waals surface area contributed by atoms with Crippen molar-refractivity contribution in [1.29, 1.82) is 0 Å². The van der Waals surface area contributed by atoms with Crippen LogP contribution in [0.5, 0.6) is 5.75 Å². The molecule has 110 valence electrons. The fourth-order valence-electron chi connectivity index (χ4n) is 2.50. The number of methoxy groups -OCH3 is 1. The van der Waals surface area contributed by atoms with E-state index in [1.807, 2.05) is 6.92 Å². The number of benzene rings is 1. The largest absolute Gasteiger partial charge is 0.494 e. The number of carbonyl (C=O) groups excluding carboxylic acids is 1. The summed E-state index contributed by atoms with van der Waals surface area (Å²) in [5, 5.41) is 6.32. The molecular weight excluding hydrogens is 259 g/mol. The molecule has 2 atom stereocenters. The number of halogens is 1. The molecular formula is C15H21FN2O2. The Hall–Kier alpha value is -1.62. The maximum atomic E-state index is 13.6. The van der Waals surface area contributed by atoms with Gasteiger partial charge in [0.25, 0.3) is 5.91 Å². The molecule has 1 heterocycles. The Balaban J connectivity index is 1.98. The topological polar surface area (TPSA) is 50.4 Å². The van der Waals surface area contributed by atoms with Crippen molar-refractivity contribution in [1.82, 2.24) is 10.6 Å². The van der Waals surface area contributed by atoms with Crippen molar-refractivity contribution in [3.8, 4) is 5.75 Å². The van der Waals surface area contributed by atoms with Gasteiger partial charge in [-0.05, 0) is 44.5 Å². The lowest BCUT2D eigenvalue weighted by Crippen LogP contribution is -2.50. The van der Waals surface area contributed by atoms with E-state index in [0.717, 1.165) is 13.0 Å². The van der Waals surface area contributed by atoms with E-state index in [0.29, 0.717) is 5.56 Å². The molecule has 2 N–H and O–H groups in total. The van der Waals surface area contributed by atoms with Crippen molar-refractivity contribution >= 4 is 5.91 Å². The smallest absolute Gasteiger partial charge is 0.251 e. The van der Waals surface area contributed by atoms with Gasteiger partial charge in [-0.25, -0.2) is 4.39 Å². The Morgan fingerprint density at radius 1 is 1.50 bits per heavy atom. The van der Waals surface area contributed by atoms with Crippen LogP contribution in [0.3, 0.4) is 0 Å². The van der Waals surface area contributed by atoms with Crippen molar-refractivity contribution in [2.45, 2.75) is 38.3 Å². The summed E-state index contributed by atoms with van der Waals surface area (Å²) in [4.78, 5) is 12.1. The first kappa shape index (κ1) is 14.8. The molecule has 0 spiro atoms. The third-order valence-electron chi connectivity index (χ3n) is 3.72. The Kier molecular flexibility index (Phi) is 4.95. The highest BCUT2D eigenvalue weighted by atomic mass is 19.1. The fourth-order valence-corrected chi connectivity index (χ4v) is 2.50. The van der Waals surface area contributed by atoms with Crippen LogP contribution >= 0.6 is 0 Å². The summed E-state index contributed by atoms with van der Waals surface area (Å²) >= 11 is 0. The Morgan fingerprint density at radius 3 is 2.90 bits per heavy atom. The highest BCUT2D eigenvalue weighted by molar-refractivity contribution is 5.94. The zero-order chi connectivity index (χ0) is 14.5. The highest BCUT2D eigenvalue weighted by Gasteiger charge is 2.21. The summed E-state index contributed by atoms with van der Waals surface area (Å²) < 4.78 is 18.4. The summed E-state index contributed by atoms with van der Waals surface area (Å²) in [6, 6.07) is 4.55. The van der Waals surface area contributed by atoms with Crippen LogP contribution in [-0.4, -0.2) is 31.6 Å². The van der Waals surface area contributed by atoms with Crippen LogP contribution in [0, 0.1) is 5.82 Å². The van der Waals surface area contributed by atoms with Crippen molar-refractivity contribution in [2.24, 2.45) is 0 Å². The van der Waals surface area contributed by atoms with E-state index in [9.17, 15) is 9.18 Å². The van der Waals surface area contributed by atoms with Gasteiger partial charge in [0.15, 0.2) is 11.6 Å². The van der Waals surface area contributed by atoms with E-state index in [-0.39, 0.29) is 23.7 Å². The first-order valence-corrected chi connectivity index (χ1v) is 6.99. The van der Waals surface area contributed by atoms with Gasteiger partial charge in [-0.1, -0.05) is 6.42 Å². The zero-order valence-corrected chi connectivity index (χ0v) is 11.9. The second kappa shape index (κ2) is 6.70. The molecule has 1 aromatic rings. The van der Waals surface area contributed by atoms with Gasteiger partial charge in [-0.15, -0.1) is 0 Å². The lowest BCUT2D eigenvalue weighted by Gasteiger charge is -2.29. The number of piperidine rings is 1. The summed E-state index contributed by atoms with van der Waals surface area (Å²) in [5.41, 5.74) is 0.311. The van der Waals surface area contributed by atoms with Gasteiger partial charge in [-0.3, -0.25) is 4.79 Å². The molecule has 0 bridgehead atoms. The van der Waals surface area contributed by atoms with Gasteiger partial charge in [0.05, 0.1) is 7.11 Å². The molecule has 20 heavy (non-hydrogen) atoms. The normalized spacial score (nSPS) is 20.2. The van der Waals surface area contributed by atoms with Gasteiger partial charge in [-0.2, -0.15) is 0 Å². The Bertz CT molecular complexity index is 473. The molecule has 1 fully saturated rings. The van der Waals surface area contributed by atoms with Crippen molar-refractivity contribution < 1.29 is 13.9 Å². The average molecular weight is 280 g/mol. The third-order valence-corrected chi connectivity index (χ3v) is 3.72. The summed E-state index contributed by atoms with van der Waals surface area (Å²) in [7, 11) is 1.40. The lowest BCUT2D eigenvalue weighted by atomic mass is 9.99. The first-order valence-electron chi connectivity index (χ1n) is 6.99. The molecule has 1 aliphatic rings. The zero-order valence-electron chi connectivity index (χ0n) is 11.9. The number of nitrogens with one attached hydrogen (secondary N) is 2. The number of rotatable bonds is 4. The molecule has 0 aromatic heterocycles. The van der Waals surface area contributed by atoms with Crippen LogP contribution in [0.15, 0.2) is 18.2 Å². The standard InChI is InChI=1S/C15H21FN2O2/c1-10(13-5-3-4-8-17-13)18-15(19)11-6-7-14(20-2)12(16)9-11/h6-7,9-10,13,17H,3-5,8H2,1-2H3,(H,18,19). The minimum absolute atomic E-state index is 0.0213. The maximum absolute atomic E-state index is 13.6. The second-order valence-electron chi connectivity index (χ2n) is 5.17. The van der Waals surface area contributed by atoms with Gasteiger partial charge in [0.1, 0.15) is 0 Å². The molecule has 0 saturated carbocycles. The molecule has 0 aliphatic carbocycles. The van der Waals surface area contributed by atoms with Crippen LogP contribution in [0.1, 0.15) is 36.5 Å². The third kappa shape index (κ3) is 3.48. The van der Waals surface area contributed by atoms with E-state index in [4.69, 9.17) is 4.74 Å². The SMILES string of the molecule is COc1ccc(C(=O)NC(C)C2CCCCN2)cc1F. The minimum atomic E-state index is -0.524. The van der Waals surface area contributed by atoms with Crippen LogP contribution < -0.4 is 15.4 Å². The van der Waals surface area contributed by atoms with E-state index >= 15 is 0 Å². The molecule has 5 heteroatoms. The molecule has 4 nitrogen and oxygen atoms in total. The average Bonchev–Trinajstić information content (AvgIpc) is 2.48. The van der Waals surface area contributed by atoms with E-state index < -0.39 is 5.82 Å². The van der Waals surface area contributed by atoms with Crippen molar-refractivity contribution in [3.05, 3.63) is 29.6 Å². The number of carbonyl (C=O) groups is 1. The quantitative estimate of drug-likeness (QED) is 0.888. The fraction of sp³-hybridized carbons (Fsp3) is 0.533. The molecule has 2 rings (SSSR count). The number of hydrogen-bond acceptors (Lipinski definition) is 3. The summed E-state index contributed by atoms with van der Waals surface area (Å²) in [5.74, 6) is -0.640. The molecule has 1 aromatic carbocycles. The van der Waals surface area contributed by atoms with Crippen LogP contribution in [0.4, 0.5) is 4.39 Å². The molecule has 1 saturated heterocycles. The van der Waals surface area contributed by atoms with E-state index in [1.54, 1.807) is 6.07 Å². The van der Waals surface area contributed by atoms with Crippen LogP contribution in [0.2, 0.25) is 0 Å². The molecule has 1 amide bonds. The number of hydrogen-bond donors (Lipinski definition) is 2. The second-order valence-corrected chi connectivity index (χ2v) is 5.17. The molecule has 0 radical (unpaired) electrons. The Morgan fingerprint density at radius 2 is 2.30 bits per heavy atom. The Labute approximate surface area is 118 Å². The monoisotopic (exact) mass is 280 g/mol. The predicted molar refractivity (Wildman–Crippen MR) is 75.5 cm³/mol. The summed E-state index contributed by atoms with van der Waals surface area (Å²) in [6.45, 7) is 2.96. The summed E-state index contributed by atoms with van der Waals surface area (Å²) in [6.07, 6.45) is 3.41. The van der Waals surface area contributed by atoms with Gasteiger partial charge < -0.3 is 15.4 Å². The lowest BCUT2D eigenvalue weighted by molar-refractivity contribution is 0.0927.